The average Bonchev–Trinajstić information content (AvgIpc) is 2.31. The van der Waals surface area contributed by atoms with Gasteiger partial charge in [0.25, 0.3) is 5.91 Å². The summed E-state index contributed by atoms with van der Waals surface area (Å²) in [6, 6.07) is 5.79. The monoisotopic (exact) mass is 342 g/mol. The number of nitrogens with two attached hydrogens (primary N) is 1. The Hall–Kier alpha value is -0.940. The molecular formula is C14H19BrN2OS. The zero-order chi connectivity index (χ0) is 14.6. The molecule has 0 atom stereocenters. The molecule has 0 unspecified atom stereocenters. The number of benzene rings is 1. The maximum absolute atomic E-state index is 12.6. The van der Waals surface area contributed by atoms with Crippen LogP contribution in [0.15, 0.2) is 22.7 Å². The summed E-state index contributed by atoms with van der Waals surface area (Å²) in [7, 11) is 0. The fourth-order valence-corrected chi connectivity index (χ4v) is 2.32. The van der Waals surface area contributed by atoms with Crippen LogP contribution in [-0.4, -0.2) is 28.4 Å². The Morgan fingerprint density at radius 1 is 1.47 bits per heavy atom. The highest BCUT2D eigenvalue weighted by molar-refractivity contribution is 9.10. The van der Waals surface area contributed by atoms with Crippen LogP contribution in [0.3, 0.4) is 0 Å². The van der Waals surface area contributed by atoms with E-state index in [-0.39, 0.29) is 11.9 Å². The van der Waals surface area contributed by atoms with Gasteiger partial charge in [-0.1, -0.05) is 24.4 Å². The summed E-state index contributed by atoms with van der Waals surface area (Å²) in [5.74, 6) is 0.00169. The molecule has 0 saturated heterocycles. The average molecular weight is 343 g/mol. The molecule has 0 heterocycles. The van der Waals surface area contributed by atoms with Crippen LogP contribution in [0.4, 0.5) is 0 Å². The van der Waals surface area contributed by atoms with Crippen molar-refractivity contribution in [2.75, 3.05) is 6.54 Å². The van der Waals surface area contributed by atoms with E-state index in [0.717, 1.165) is 10.0 Å². The van der Waals surface area contributed by atoms with Crippen LogP contribution in [0.25, 0.3) is 0 Å². The summed E-state index contributed by atoms with van der Waals surface area (Å²) < 4.78 is 0.848. The molecule has 0 aromatic heterocycles. The highest BCUT2D eigenvalue weighted by atomic mass is 79.9. The molecule has 1 amide bonds. The van der Waals surface area contributed by atoms with Crippen LogP contribution in [0.5, 0.6) is 0 Å². The van der Waals surface area contributed by atoms with Gasteiger partial charge in [-0.2, -0.15) is 0 Å². The Morgan fingerprint density at radius 3 is 2.63 bits per heavy atom. The second-order valence-electron chi connectivity index (χ2n) is 4.75. The largest absolute Gasteiger partial charge is 0.393 e. The van der Waals surface area contributed by atoms with E-state index in [2.05, 4.69) is 15.9 Å². The van der Waals surface area contributed by atoms with Crippen LogP contribution < -0.4 is 5.73 Å². The van der Waals surface area contributed by atoms with Gasteiger partial charge in [0, 0.05) is 23.5 Å². The van der Waals surface area contributed by atoms with E-state index in [4.69, 9.17) is 18.0 Å². The third-order valence-corrected chi connectivity index (χ3v) is 4.16. The number of hydrogen-bond donors (Lipinski definition) is 1. The fraction of sp³-hybridized carbons (Fsp3) is 0.429. The minimum absolute atomic E-state index is 0.00169. The molecule has 2 N–H and O–H groups in total. The van der Waals surface area contributed by atoms with Crippen LogP contribution in [0, 0.1) is 6.92 Å². The number of thiocarbonyl (C=S) groups is 1. The zero-order valence-corrected chi connectivity index (χ0v) is 13.8. The lowest BCUT2D eigenvalue weighted by atomic mass is 10.1. The van der Waals surface area contributed by atoms with E-state index in [1.165, 1.54) is 0 Å². The molecule has 1 rings (SSSR count). The van der Waals surface area contributed by atoms with Crippen molar-refractivity contribution in [2.45, 2.75) is 33.2 Å². The molecule has 19 heavy (non-hydrogen) atoms. The standard InChI is InChI=1S/C14H19BrN2OS/c1-9(2)17(8-7-12(16)19)14(18)11-6-4-5-10(3)13(11)15/h4-6,9H,7-8H2,1-3H3,(H2,16,19). The van der Waals surface area contributed by atoms with Crippen LogP contribution in [-0.2, 0) is 0 Å². The Kier molecular flexibility index (Phi) is 5.94. The summed E-state index contributed by atoms with van der Waals surface area (Å²) in [5.41, 5.74) is 7.24. The van der Waals surface area contributed by atoms with Crippen molar-refractivity contribution in [2.24, 2.45) is 5.73 Å². The van der Waals surface area contributed by atoms with Gasteiger partial charge in [0.2, 0.25) is 0 Å². The molecule has 104 valence electrons. The number of hydrogen-bond acceptors (Lipinski definition) is 2. The molecule has 5 heteroatoms. The Labute approximate surface area is 128 Å². The summed E-state index contributed by atoms with van der Waals surface area (Å²) in [6.07, 6.45) is 0.544. The van der Waals surface area contributed by atoms with Gasteiger partial charge < -0.3 is 10.6 Å². The highest BCUT2D eigenvalue weighted by Gasteiger charge is 2.21. The van der Waals surface area contributed by atoms with E-state index >= 15 is 0 Å². The summed E-state index contributed by atoms with van der Waals surface area (Å²) >= 11 is 8.36. The lowest BCUT2D eigenvalue weighted by molar-refractivity contribution is 0.0710. The summed E-state index contributed by atoms with van der Waals surface area (Å²) in [6.45, 7) is 6.49. The van der Waals surface area contributed by atoms with Gasteiger partial charge in [-0.25, -0.2) is 0 Å². The van der Waals surface area contributed by atoms with Crippen LogP contribution >= 0.6 is 28.1 Å². The van der Waals surface area contributed by atoms with E-state index < -0.39 is 0 Å². The lowest BCUT2D eigenvalue weighted by Crippen LogP contribution is -2.39. The number of carbonyl (C=O) groups is 1. The van der Waals surface area contributed by atoms with E-state index in [1.807, 2.05) is 39.0 Å². The quantitative estimate of drug-likeness (QED) is 0.835. The first-order valence-electron chi connectivity index (χ1n) is 6.19. The number of nitrogens with zero attached hydrogens (tertiary/aromatic N) is 1. The first-order valence-corrected chi connectivity index (χ1v) is 7.39. The zero-order valence-electron chi connectivity index (χ0n) is 11.4. The van der Waals surface area contributed by atoms with Crippen molar-refractivity contribution in [3.63, 3.8) is 0 Å². The first kappa shape index (κ1) is 16.1. The third kappa shape index (κ3) is 4.28. The van der Waals surface area contributed by atoms with E-state index in [1.54, 1.807) is 4.90 Å². The molecule has 0 fully saturated rings. The predicted molar refractivity (Wildman–Crippen MR) is 86.5 cm³/mol. The summed E-state index contributed by atoms with van der Waals surface area (Å²) in [4.78, 5) is 14.8. The van der Waals surface area contributed by atoms with E-state index in [0.29, 0.717) is 23.5 Å². The fourth-order valence-electron chi connectivity index (χ4n) is 1.79. The van der Waals surface area contributed by atoms with Crippen molar-refractivity contribution in [3.8, 4) is 0 Å². The van der Waals surface area contributed by atoms with Crippen LogP contribution in [0.2, 0.25) is 0 Å². The minimum atomic E-state index is 0.00169. The molecule has 0 saturated carbocycles. The van der Waals surface area contributed by atoms with Gasteiger partial charge in [0.15, 0.2) is 0 Å². The molecule has 0 aliphatic rings. The minimum Gasteiger partial charge on any atom is -0.393 e. The van der Waals surface area contributed by atoms with Crippen LogP contribution in [0.1, 0.15) is 36.2 Å². The van der Waals surface area contributed by atoms with Crippen molar-refractivity contribution < 1.29 is 4.79 Å². The van der Waals surface area contributed by atoms with Crippen molar-refractivity contribution in [1.29, 1.82) is 0 Å². The molecule has 0 bridgehead atoms. The van der Waals surface area contributed by atoms with Gasteiger partial charge in [-0.3, -0.25) is 4.79 Å². The number of amides is 1. The highest BCUT2D eigenvalue weighted by Crippen LogP contribution is 2.23. The van der Waals surface area contributed by atoms with Gasteiger partial charge >= 0.3 is 0 Å². The number of halogens is 1. The Balaban J connectivity index is 2.99. The van der Waals surface area contributed by atoms with Gasteiger partial charge in [-0.05, 0) is 48.3 Å². The molecule has 0 spiro atoms. The SMILES string of the molecule is Cc1cccc(C(=O)N(CCC(N)=S)C(C)C)c1Br. The second-order valence-corrected chi connectivity index (χ2v) is 6.06. The number of rotatable bonds is 5. The molecule has 1 aromatic rings. The van der Waals surface area contributed by atoms with Gasteiger partial charge in [-0.15, -0.1) is 0 Å². The number of carbonyl (C=O) groups excluding carboxylic acids is 1. The molecule has 3 nitrogen and oxygen atoms in total. The second kappa shape index (κ2) is 7.01. The normalized spacial score (nSPS) is 10.6. The molecule has 0 aliphatic carbocycles. The number of aryl methyl sites for hydroxylation is 1. The Bertz CT molecular complexity index is 488. The third-order valence-electron chi connectivity index (χ3n) is 2.91. The molecule has 1 aromatic carbocycles. The van der Waals surface area contributed by atoms with Crippen molar-refractivity contribution >= 4 is 39.0 Å². The molecule has 0 aliphatic heterocycles. The maximum atomic E-state index is 12.6. The smallest absolute Gasteiger partial charge is 0.255 e. The molecule has 0 radical (unpaired) electrons. The van der Waals surface area contributed by atoms with Gasteiger partial charge in [0.1, 0.15) is 0 Å². The first-order chi connectivity index (χ1) is 8.84. The van der Waals surface area contributed by atoms with E-state index in [9.17, 15) is 4.79 Å². The maximum Gasteiger partial charge on any atom is 0.255 e. The predicted octanol–water partition coefficient (Wildman–Crippen LogP) is 3.28. The lowest BCUT2D eigenvalue weighted by Gasteiger charge is -2.27. The van der Waals surface area contributed by atoms with Gasteiger partial charge in [0.05, 0.1) is 10.6 Å². The Morgan fingerprint density at radius 2 is 2.11 bits per heavy atom. The summed E-state index contributed by atoms with van der Waals surface area (Å²) in [5, 5.41) is 0. The topological polar surface area (TPSA) is 46.3 Å². The van der Waals surface area contributed by atoms with Crippen molar-refractivity contribution in [3.05, 3.63) is 33.8 Å². The van der Waals surface area contributed by atoms with Crippen molar-refractivity contribution in [1.82, 2.24) is 4.90 Å². The molecular weight excluding hydrogens is 324 g/mol.